The average molecular weight is 492 g/mol. The van der Waals surface area contributed by atoms with E-state index in [-0.39, 0.29) is 0 Å². The van der Waals surface area contributed by atoms with Crippen LogP contribution in [0.4, 0.5) is 0 Å². The van der Waals surface area contributed by atoms with Gasteiger partial charge in [0.25, 0.3) is 0 Å². The van der Waals surface area contributed by atoms with Crippen molar-refractivity contribution in [3.05, 3.63) is 24.3 Å². The Kier molecular flexibility index (Phi) is 16.6. The summed E-state index contributed by atoms with van der Waals surface area (Å²) in [5.41, 5.74) is 0. The van der Waals surface area contributed by atoms with E-state index in [0.29, 0.717) is 0 Å². The number of unbranched alkanes of at least 4 members (excludes halogenated alkanes) is 10. The Morgan fingerprint density at radius 2 is 0.923 bits per heavy atom. The minimum atomic E-state index is 0.802. The Balaban J connectivity index is 2.03. The number of ether oxygens (including phenoxy) is 2. The third-order valence-corrected chi connectivity index (χ3v) is 5.52. The smallest absolute Gasteiger partial charge is 0.122 e. The van der Waals surface area contributed by atoms with Gasteiger partial charge in [-0.1, -0.05) is 89.3 Å². The summed E-state index contributed by atoms with van der Waals surface area (Å²) < 4.78 is 11.7. The van der Waals surface area contributed by atoms with Crippen molar-refractivity contribution in [2.75, 3.05) is 23.9 Å². The number of hydrogen-bond acceptors (Lipinski definition) is 2. The average Bonchev–Trinajstić information content (AvgIpc) is 2.66. The van der Waals surface area contributed by atoms with Gasteiger partial charge in [0.05, 0.1) is 13.2 Å². The van der Waals surface area contributed by atoms with Gasteiger partial charge in [0.2, 0.25) is 0 Å². The molecule has 0 amide bonds. The molecule has 0 bridgehead atoms. The van der Waals surface area contributed by atoms with Gasteiger partial charge in [0.15, 0.2) is 0 Å². The molecule has 0 atom stereocenters. The van der Waals surface area contributed by atoms with E-state index >= 15 is 0 Å². The minimum absolute atomic E-state index is 0.802. The van der Waals surface area contributed by atoms with Gasteiger partial charge in [-0.05, 0) is 37.8 Å². The molecule has 0 heterocycles. The summed E-state index contributed by atoms with van der Waals surface area (Å²) in [6.07, 6.45) is 15.3. The molecular weight excluding hydrogens is 456 g/mol. The van der Waals surface area contributed by atoms with E-state index in [4.69, 9.17) is 9.47 Å². The van der Waals surface area contributed by atoms with Crippen LogP contribution in [0.3, 0.4) is 0 Å². The minimum Gasteiger partial charge on any atom is -0.493 e. The first-order valence-electron chi connectivity index (χ1n) is 10.3. The molecule has 0 aliphatic carbocycles. The van der Waals surface area contributed by atoms with Crippen molar-refractivity contribution in [1.82, 2.24) is 0 Å². The predicted octanol–water partition coefficient (Wildman–Crippen LogP) is 7.92. The summed E-state index contributed by atoms with van der Waals surface area (Å²) in [6.45, 7) is 1.60. The molecule has 0 N–H and O–H groups in total. The highest BCUT2D eigenvalue weighted by atomic mass is 79.9. The predicted molar refractivity (Wildman–Crippen MR) is 120 cm³/mol. The van der Waals surface area contributed by atoms with Gasteiger partial charge in [0.1, 0.15) is 11.5 Å². The third-order valence-electron chi connectivity index (χ3n) is 4.40. The molecule has 150 valence electrons. The van der Waals surface area contributed by atoms with Gasteiger partial charge in [-0.3, -0.25) is 0 Å². The lowest BCUT2D eigenvalue weighted by molar-refractivity contribution is 0.290. The normalized spacial score (nSPS) is 10.8. The summed E-state index contributed by atoms with van der Waals surface area (Å²) in [4.78, 5) is 0. The molecule has 0 radical (unpaired) electrons. The fraction of sp³-hybridized carbons (Fsp3) is 0.727. The highest BCUT2D eigenvalue weighted by Gasteiger charge is 1.99. The van der Waals surface area contributed by atoms with Crippen molar-refractivity contribution in [2.24, 2.45) is 0 Å². The molecule has 0 aliphatic heterocycles. The van der Waals surface area contributed by atoms with E-state index in [1.807, 2.05) is 24.3 Å². The molecule has 4 heteroatoms. The maximum absolute atomic E-state index is 5.87. The lowest BCUT2D eigenvalue weighted by Crippen LogP contribution is -2.00. The standard InChI is InChI=1S/C22H36Br2O2/c23-16-9-5-1-3-7-11-18-25-21-14-13-15-22(20-21)26-19-12-8-4-2-6-10-17-24/h13-15,20H,1-12,16-19H2. The van der Waals surface area contributed by atoms with Gasteiger partial charge >= 0.3 is 0 Å². The second-order valence-corrected chi connectivity index (χ2v) is 8.38. The molecule has 0 fully saturated rings. The fourth-order valence-electron chi connectivity index (χ4n) is 2.84. The summed E-state index contributed by atoms with van der Waals surface area (Å²) in [5.74, 6) is 1.85. The molecule has 0 saturated heterocycles. The van der Waals surface area contributed by atoms with Crippen LogP contribution < -0.4 is 9.47 Å². The van der Waals surface area contributed by atoms with Crippen LogP contribution in [-0.2, 0) is 0 Å². The molecule has 26 heavy (non-hydrogen) atoms. The Hall–Kier alpha value is -0.220. The molecule has 0 unspecified atom stereocenters. The Bertz CT molecular complexity index is 391. The number of rotatable bonds is 18. The highest BCUT2D eigenvalue weighted by molar-refractivity contribution is 9.09. The number of alkyl halides is 2. The lowest BCUT2D eigenvalue weighted by Gasteiger charge is -2.10. The molecule has 1 aromatic rings. The van der Waals surface area contributed by atoms with Gasteiger partial charge in [-0.15, -0.1) is 0 Å². The summed E-state index contributed by atoms with van der Waals surface area (Å²) in [7, 11) is 0. The molecule has 0 saturated carbocycles. The van der Waals surface area contributed by atoms with E-state index in [1.165, 1.54) is 64.2 Å². The van der Waals surface area contributed by atoms with Crippen LogP contribution in [0.5, 0.6) is 11.5 Å². The second kappa shape index (κ2) is 18.2. The molecule has 0 aliphatic rings. The molecule has 2 nitrogen and oxygen atoms in total. The zero-order valence-electron chi connectivity index (χ0n) is 16.2. The van der Waals surface area contributed by atoms with Crippen molar-refractivity contribution in [1.29, 1.82) is 0 Å². The number of halogens is 2. The van der Waals surface area contributed by atoms with E-state index in [1.54, 1.807) is 0 Å². The summed E-state index contributed by atoms with van der Waals surface area (Å²) >= 11 is 6.96. The summed E-state index contributed by atoms with van der Waals surface area (Å²) in [6, 6.07) is 8.08. The molecular formula is C22H36Br2O2. The monoisotopic (exact) mass is 490 g/mol. The van der Waals surface area contributed by atoms with Gasteiger partial charge in [0, 0.05) is 16.7 Å². The largest absolute Gasteiger partial charge is 0.493 e. The van der Waals surface area contributed by atoms with Gasteiger partial charge in [-0.25, -0.2) is 0 Å². The van der Waals surface area contributed by atoms with Crippen molar-refractivity contribution in [3.8, 4) is 11.5 Å². The van der Waals surface area contributed by atoms with E-state index in [9.17, 15) is 0 Å². The van der Waals surface area contributed by atoms with Gasteiger partial charge < -0.3 is 9.47 Å². The molecule has 0 spiro atoms. The Labute approximate surface area is 177 Å². The van der Waals surface area contributed by atoms with Crippen molar-refractivity contribution < 1.29 is 9.47 Å². The Morgan fingerprint density at radius 3 is 1.35 bits per heavy atom. The van der Waals surface area contributed by atoms with Gasteiger partial charge in [-0.2, -0.15) is 0 Å². The van der Waals surface area contributed by atoms with Crippen molar-refractivity contribution in [3.63, 3.8) is 0 Å². The van der Waals surface area contributed by atoms with Crippen LogP contribution in [0.25, 0.3) is 0 Å². The molecule has 1 aromatic carbocycles. The molecule has 1 rings (SSSR count). The van der Waals surface area contributed by atoms with Crippen molar-refractivity contribution in [2.45, 2.75) is 77.0 Å². The lowest BCUT2D eigenvalue weighted by atomic mass is 10.1. The zero-order valence-corrected chi connectivity index (χ0v) is 19.4. The SMILES string of the molecule is BrCCCCCCCCOc1cccc(OCCCCCCCCBr)c1. The van der Waals surface area contributed by atoms with Crippen LogP contribution >= 0.6 is 31.9 Å². The third kappa shape index (κ3) is 13.9. The maximum atomic E-state index is 5.87. The first-order valence-corrected chi connectivity index (χ1v) is 12.6. The maximum Gasteiger partial charge on any atom is 0.122 e. The summed E-state index contributed by atoms with van der Waals surface area (Å²) in [5, 5.41) is 2.26. The van der Waals surface area contributed by atoms with Crippen LogP contribution in [0.1, 0.15) is 77.0 Å². The highest BCUT2D eigenvalue weighted by Crippen LogP contribution is 2.20. The topological polar surface area (TPSA) is 18.5 Å². The van der Waals surface area contributed by atoms with E-state index in [2.05, 4.69) is 31.9 Å². The number of hydrogen-bond donors (Lipinski definition) is 0. The zero-order chi connectivity index (χ0) is 18.7. The fourth-order valence-corrected chi connectivity index (χ4v) is 3.63. The van der Waals surface area contributed by atoms with Crippen LogP contribution in [0.2, 0.25) is 0 Å². The van der Waals surface area contributed by atoms with Crippen molar-refractivity contribution >= 4 is 31.9 Å². The molecule has 0 aromatic heterocycles. The quantitative estimate of drug-likeness (QED) is 0.153. The van der Waals surface area contributed by atoms with Crippen LogP contribution in [-0.4, -0.2) is 23.9 Å². The van der Waals surface area contributed by atoms with Crippen LogP contribution in [0, 0.1) is 0 Å². The number of benzene rings is 1. The second-order valence-electron chi connectivity index (χ2n) is 6.79. The van der Waals surface area contributed by atoms with E-state index in [0.717, 1.165) is 48.2 Å². The van der Waals surface area contributed by atoms with Crippen LogP contribution in [0.15, 0.2) is 24.3 Å². The first kappa shape index (κ1) is 23.8. The first-order chi connectivity index (χ1) is 12.9. The Morgan fingerprint density at radius 1 is 0.538 bits per heavy atom. The van der Waals surface area contributed by atoms with E-state index < -0.39 is 0 Å².